The molecule has 0 amide bonds. The smallest absolute Gasteiger partial charge is 0.194 e. The van der Waals surface area contributed by atoms with Crippen LogP contribution in [0.3, 0.4) is 0 Å². The largest absolute Gasteiger partial charge is 0.394 e. The third-order valence-electron chi connectivity index (χ3n) is 7.25. The Bertz CT molecular complexity index is 1190. The van der Waals surface area contributed by atoms with Crippen LogP contribution in [0.4, 0.5) is 13.2 Å². The number of hydrogen-bond donors (Lipinski definition) is 2. The molecule has 2 N–H and O–H groups in total. The van der Waals surface area contributed by atoms with Gasteiger partial charge in [-0.1, -0.05) is 29.7 Å². The van der Waals surface area contributed by atoms with Crippen molar-refractivity contribution in [1.82, 2.24) is 30.0 Å². The molecular formula is C24H29F3N6O4. The molecule has 37 heavy (non-hydrogen) atoms. The number of nitrogens with zero attached hydrogens (tertiary/aromatic N) is 6. The number of benzene rings is 1. The number of aliphatic hydroxyl groups is 2. The quantitative estimate of drug-likeness (QED) is 0.454. The van der Waals surface area contributed by atoms with Gasteiger partial charge in [-0.05, 0) is 25.0 Å². The Labute approximate surface area is 211 Å². The Morgan fingerprint density at radius 1 is 1.00 bits per heavy atom. The van der Waals surface area contributed by atoms with E-state index in [-0.39, 0.29) is 11.3 Å². The highest BCUT2D eigenvalue weighted by molar-refractivity contribution is 5.57. The molecule has 2 aromatic heterocycles. The van der Waals surface area contributed by atoms with Gasteiger partial charge in [0.1, 0.15) is 30.0 Å². The summed E-state index contributed by atoms with van der Waals surface area (Å²) < 4.78 is 55.8. The summed E-state index contributed by atoms with van der Waals surface area (Å²) in [6.45, 7) is -0.463. The fraction of sp³-hybridized carbons (Fsp3) is 0.583. The van der Waals surface area contributed by atoms with Gasteiger partial charge >= 0.3 is 0 Å². The van der Waals surface area contributed by atoms with E-state index in [9.17, 15) is 23.4 Å². The average Bonchev–Trinajstić information content (AvgIpc) is 3.58. The lowest BCUT2D eigenvalue weighted by Gasteiger charge is -2.43. The molecular weight excluding hydrogens is 493 g/mol. The van der Waals surface area contributed by atoms with Crippen molar-refractivity contribution in [2.45, 2.75) is 75.0 Å². The Hall–Kier alpha value is -2.87. The Morgan fingerprint density at radius 2 is 1.70 bits per heavy atom. The van der Waals surface area contributed by atoms with Gasteiger partial charge in [-0.25, -0.2) is 22.5 Å². The van der Waals surface area contributed by atoms with Crippen LogP contribution in [0, 0.1) is 17.5 Å². The van der Waals surface area contributed by atoms with Crippen molar-refractivity contribution < 1.29 is 32.9 Å². The molecule has 2 aliphatic rings. The number of aromatic nitrogens is 6. The molecule has 200 valence electrons. The second kappa shape index (κ2) is 10.9. The van der Waals surface area contributed by atoms with E-state index >= 15 is 0 Å². The summed E-state index contributed by atoms with van der Waals surface area (Å²) in [7, 11) is 1.46. The number of methoxy groups -OCH3 is 1. The van der Waals surface area contributed by atoms with Gasteiger partial charge < -0.3 is 19.7 Å². The lowest BCUT2D eigenvalue weighted by molar-refractivity contribution is -0.212. The molecule has 5 atom stereocenters. The van der Waals surface area contributed by atoms with Gasteiger partial charge in [0, 0.05) is 25.3 Å². The fourth-order valence-corrected chi connectivity index (χ4v) is 5.33. The van der Waals surface area contributed by atoms with Crippen LogP contribution in [0.25, 0.3) is 11.3 Å². The highest BCUT2D eigenvalue weighted by Crippen LogP contribution is 2.34. The van der Waals surface area contributed by atoms with Crippen molar-refractivity contribution in [3.05, 3.63) is 47.7 Å². The molecule has 1 aromatic carbocycles. The Kier molecular flexibility index (Phi) is 7.56. The monoisotopic (exact) mass is 522 g/mol. The summed E-state index contributed by atoms with van der Waals surface area (Å²) in [6.07, 6.45) is 5.68. The Balaban J connectivity index is 1.40. The van der Waals surface area contributed by atoms with Crippen molar-refractivity contribution in [2.24, 2.45) is 0 Å². The van der Waals surface area contributed by atoms with Crippen molar-refractivity contribution in [1.29, 1.82) is 0 Å². The van der Waals surface area contributed by atoms with Crippen LogP contribution in [-0.2, 0) is 15.9 Å². The summed E-state index contributed by atoms with van der Waals surface area (Å²) in [4.78, 5) is 0. The molecule has 1 aliphatic carbocycles. The molecule has 13 heteroatoms. The van der Waals surface area contributed by atoms with Crippen LogP contribution >= 0.6 is 0 Å². The minimum absolute atomic E-state index is 0.0206. The minimum Gasteiger partial charge on any atom is -0.394 e. The van der Waals surface area contributed by atoms with E-state index in [0.29, 0.717) is 18.2 Å². The maximum absolute atomic E-state index is 13.8. The van der Waals surface area contributed by atoms with Crippen LogP contribution in [0.1, 0.15) is 49.9 Å². The zero-order valence-corrected chi connectivity index (χ0v) is 20.3. The van der Waals surface area contributed by atoms with Gasteiger partial charge in [0.05, 0.1) is 30.6 Å². The molecule has 0 spiro atoms. The average molecular weight is 523 g/mol. The number of aliphatic hydroxyl groups excluding tert-OH is 2. The first-order valence-corrected chi connectivity index (χ1v) is 12.3. The van der Waals surface area contributed by atoms with Crippen molar-refractivity contribution >= 4 is 0 Å². The van der Waals surface area contributed by atoms with Crippen LogP contribution in [-0.4, -0.2) is 78.3 Å². The lowest BCUT2D eigenvalue weighted by Crippen LogP contribution is -2.57. The maximum Gasteiger partial charge on any atom is 0.194 e. The van der Waals surface area contributed by atoms with Gasteiger partial charge in [-0.3, -0.25) is 0 Å². The van der Waals surface area contributed by atoms with E-state index in [0.717, 1.165) is 37.8 Å². The van der Waals surface area contributed by atoms with Crippen LogP contribution < -0.4 is 0 Å². The highest BCUT2D eigenvalue weighted by Gasteiger charge is 2.47. The minimum atomic E-state index is -1.58. The maximum atomic E-state index is 13.8. The van der Waals surface area contributed by atoms with E-state index in [4.69, 9.17) is 9.47 Å². The first-order chi connectivity index (χ1) is 17.9. The Morgan fingerprint density at radius 3 is 2.38 bits per heavy atom. The van der Waals surface area contributed by atoms with E-state index in [1.165, 1.54) is 24.4 Å². The first kappa shape index (κ1) is 25.8. The number of halogens is 3. The second-order valence-corrected chi connectivity index (χ2v) is 9.60. The first-order valence-electron chi connectivity index (χ1n) is 12.3. The summed E-state index contributed by atoms with van der Waals surface area (Å²) in [5.74, 6) is -4.29. The van der Waals surface area contributed by atoms with Crippen molar-refractivity contribution in [3.8, 4) is 11.3 Å². The van der Waals surface area contributed by atoms with Gasteiger partial charge in [0.2, 0.25) is 0 Å². The molecule has 2 fully saturated rings. The second-order valence-electron chi connectivity index (χ2n) is 9.60. The van der Waals surface area contributed by atoms with Gasteiger partial charge in [-0.2, -0.15) is 0 Å². The number of rotatable bonds is 7. The normalized spacial score (nSPS) is 27.0. The standard InChI is InChI=1S/C24H29F3N6O4/c1-36-24-19(9-14-10-32(30-28-14)15-5-3-2-4-6-15)37-20(12-34)23(35)22(24)33-11-18(29-31-33)13-7-16(25)21(27)17(26)8-13/h7-8,10-11,15,19-20,22-24,34-35H,2-6,9,12H2,1H3/t19-,20-,22+,23+,24+/m1/s1. The predicted molar refractivity (Wildman–Crippen MR) is 123 cm³/mol. The summed E-state index contributed by atoms with van der Waals surface area (Å²) in [5.41, 5.74) is 0.729. The molecule has 0 radical (unpaired) electrons. The zero-order valence-electron chi connectivity index (χ0n) is 20.3. The molecule has 1 aliphatic heterocycles. The molecule has 3 heterocycles. The predicted octanol–water partition coefficient (Wildman–Crippen LogP) is 2.38. The third-order valence-corrected chi connectivity index (χ3v) is 7.25. The summed E-state index contributed by atoms with van der Waals surface area (Å²) in [6, 6.07) is 1.09. The van der Waals surface area contributed by atoms with E-state index in [1.54, 1.807) is 0 Å². The highest BCUT2D eigenvalue weighted by atomic mass is 19.2. The molecule has 3 aromatic rings. The van der Waals surface area contributed by atoms with Crippen LogP contribution in [0.2, 0.25) is 0 Å². The van der Waals surface area contributed by atoms with Gasteiger partial charge in [0.15, 0.2) is 17.5 Å². The summed E-state index contributed by atoms with van der Waals surface area (Å²) >= 11 is 0. The molecule has 1 saturated heterocycles. The molecule has 5 rings (SSSR count). The van der Waals surface area contributed by atoms with E-state index < -0.39 is 54.5 Å². The molecule has 1 saturated carbocycles. The van der Waals surface area contributed by atoms with Gasteiger partial charge in [-0.15, -0.1) is 10.2 Å². The van der Waals surface area contributed by atoms with E-state index in [2.05, 4.69) is 20.6 Å². The van der Waals surface area contributed by atoms with Crippen LogP contribution in [0.15, 0.2) is 24.5 Å². The van der Waals surface area contributed by atoms with Gasteiger partial charge in [0.25, 0.3) is 0 Å². The molecule has 10 nitrogen and oxygen atoms in total. The number of hydrogen-bond acceptors (Lipinski definition) is 8. The van der Waals surface area contributed by atoms with E-state index in [1.807, 2.05) is 10.9 Å². The SMILES string of the molecule is CO[C@@H]1[C@@H](n2cc(-c3cc(F)c(F)c(F)c3)nn2)[C@@H](O)[C@@H](CO)O[C@@H]1Cc1cn(C2CCCCC2)nn1. The summed E-state index contributed by atoms with van der Waals surface area (Å²) in [5, 5.41) is 37.5. The topological polar surface area (TPSA) is 120 Å². The van der Waals surface area contributed by atoms with Crippen molar-refractivity contribution in [3.63, 3.8) is 0 Å². The lowest BCUT2D eigenvalue weighted by atomic mass is 9.90. The number of ether oxygens (including phenoxy) is 2. The van der Waals surface area contributed by atoms with Crippen molar-refractivity contribution in [2.75, 3.05) is 13.7 Å². The zero-order chi connectivity index (χ0) is 26.1. The third kappa shape index (κ3) is 5.13. The van der Waals surface area contributed by atoms with Crippen LogP contribution in [0.5, 0.6) is 0 Å². The molecule has 0 unspecified atom stereocenters. The molecule has 0 bridgehead atoms. The fourth-order valence-electron chi connectivity index (χ4n) is 5.33.